The summed E-state index contributed by atoms with van der Waals surface area (Å²) in [6.45, 7) is 10.3. The largest absolute Gasteiger partial charge is 0.407 e. The molecule has 5 heteroatoms. The van der Waals surface area contributed by atoms with Crippen LogP contribution in [0.4, 0.5) is 0 Å². The topological polar surface area (TPSA) is 38.8 Å². The van der Waals surface area contributed by atoms with E-state index in [1.807, 2.05) is 32.6 Å². The molecule has 0 aromatic rings. The lowest BCUT2D eigenvalue weighted by atomic mass is 10.5. The highest BCUT2D eigenvalue weighted by molar-refractivity contribution is 7.59. The summed E-state index contributed by atoms with van der Waals surface area (Å²) in [6, 6.07) is 2.85. The predicted octanol–water partition coefficient (Wildman–Crippen LogP) is 3.29. The number of hydrogen-bond acceptors (Lipinski definition) is 4. The molecule has 0 amide bonds. The van der Waals surface area contributed by atoms with Crippen molar-refractivity contribution in [1.82, 2.24) is 4.90 Å². The zero-order chi connectivity index (χ0) is 13.1. The third kappa shape index (κ3) is 7.44. The van der Waals surface area contributed by atoms with E-state index in [0.29, 0.717) is 13.2 Å². The summed E-state index contributed by atoms with van der Waals surface area (Å²) in [5.74, 6) is 0. The van der Waals surface area contributed by atoms with E-state index >= 15 is 0 Å². The average molecular weight is 261 g/mol. The molecule has 0 N–H and O–H groups in total. The average Bonchev–Trinajstić information content (AvgIpc) is 2.35. The van der Waals surface area contributed by atoms with E-state index in [1.165, 1.54) is 0 Å². The third-order valence-corrected chi connectivity index (χ3v) is 3.46. The Morgan fingerprint density at radius 3 is 1.82 bits per heavy atom. The first-order chi connectivity index (χ1) is 8.11. The third-order valence-electron chi connectivity index (χ3n) is 2.04. The Labute approximate surface area is 105 Å². The fourth-order valence-electron chi connectivity index (χ4n) is 1.04. The van der Waals surface area contributed by atoms with Gasteiger partial charge in [-0.15, -0.1) is 0 Å². The van der Waals surface area contributed by atoms with Crippen molar-refractivity contribution in [2.24, 2.45) is 0 Å². The summed E-state index contributed by atoms with van der Waals surface area (Å²) >= 11 is 0. The van der Waals surface area contributed by atoms with Gasteiger partial charge in [-0.05, 0) is 26.7 Å². The van der Waals surface area contributed by atoms with Crippen LogP contribution < -0.4 is 0 Å². The van der Waals surface area contributed by atoms with Crippen LogP contribution in [0.3, 0.4) is 0 Å². The molecule has 0 aromatic heterocycles. The molecule has 17 heavy (non-hydrogen) atoms. The summed E-state index contributed by atoms with van der Waals surface area (Å²) in [5.41, 5.74) is 2.65. The molecule has 0 aliphatic carbocycles. The maximum absolute atomic E-state index is 12.2. The van der Waals surface area contributed by atoms with Crippen molar-refractivity contribution in [2.45, 2.75) is 40.5 Å². The standard InChI is InChI=1S/C12H24NO3P/c1-5-10-15-17(14,16-11-6-2)12-9-13(7-3)8-4/h5-8,10-11H2,1-4H3. The van der Waals surface area contributed by atoms with Gasteiger partial charge in [-0.25, -0.2) is 4.57 Å². The Hall–Kier alpha value is -0.490. The van der Waals surface area contributed by atoms with Gasteiger partial charge in [0, 0.05) is 24.8 Å². The lowest BCUT2D eigenvalue weighted by molar-refractivity contribution is 0.214. The van der Waals surface area contributed by atoms with E-state index in [0.717, 1.165) is 25.9 Å². The van der Waals surface area contributed by atoms with E-state index in [1.54, 1.807) is 0 Å². The lowest BCUT2D eigenvalue weighted by Crippen LogP contribution is -2.16. The fraction of sp³-hybridized carbons (Fsp3) is 0.833. The summed E-state index contributed by atoms with van der Waals surface area (Å²) in [5, 5.41) is 0. The molecule has 0 heterocycles. The summed E-state index contributed by atoms with van der Waals surface area (Å²) in [7, 11) is -3.24. The van der Waals surface area contributed by atoms with Gasteiger partial charge >= 0.3 is 7.60 Å². The van der Waals surface area contributed by atoms with E-state index in [-0.39, 0.29) is 0 Å². The predicted molar refractivity (Wildman–Crippen MR) is 70.8 cm³/mol. The fourth-order valence-corrected chi connectivity index (χ4v) is 2.35. The van der Waals surface area contributed by atoms with Crippen LogP contribution in [0.5, 0.6) is 0 Å². The van der Waals surface area contributed by atoms with E-state index in [9.17, 15) is 4.57 Å². The van der Waals surface area contributed by atoms with Crippen molar-refractivity contribution in [3.8, 4) is 11.7 Å². The molecule has 0 saturated heterocycles. The van der Waals surface area contributed by atoms with Crippen LogP contribution >= 0.6 is 7.60 Å². The Bertz CT molecular complexity index is 280. The number of hydrogen-bond donors (Lipinski definition) is 0. The normalized spacial score (nSPS) is 10.8. The van der Waals surface area contributed by atoms with Gasteiger partial charge in [-0.3, -0.25) is 9.05 Å². The molecular weight excluding hydrogens is 237 g/mol. The molecule has 0 radical (unpaired) electrons. The second-order valence-corrected chi connectivity index (χ2v) is 5.29. The zero-order valence-electron chi connectivity index (χ0n) is 11.4. The molecule has 0 rings (SSSR count). The van der Waals surface area contributed by atoms with Crippen molar-refractivity contribution in [3.63, 3.8) is 0 Å². The molecule has 0 bridgehead atoms. The molecule has 100 valence electrons. The van der Waals surface area contributed by atoms with Crippen LogP contribution in [-0.2, 0) is 13.6 Å². The van der Waals surface area contributed by atoms with Crippen LogP contribution in [0.1, 0.15) is 40.5 Å². The van der Waals surface area contributed by atoms with Crippen molar-refractivity contribution in [1.29, 1.82) is 0 Å². The van der Waals surface area contributed by atoms with Gasteiger partial charge in [0.2, 0.25) is 0 Å². The summed E-state index contributed by atoms with van der Waals surface area (Å²) < 4.78 is 22.7. The lowest BCUT2D eigenvalue weighted by Gasteiger charge is -2.14. The van der Waals surface area contributed by atoms with Crippen molar-refractivity contribution in [3.05, 3.63) is 0 Å². The minimum Gasteiger partial charge on any atom is -0.333 e. The molecule has 0 saturated carbocycles. The van der Waals surface area contributed by atoms with Gasteiger partial charge < -0.3 is 4.90 Å². The minimum atomic E-state index is -3.24. The van der Waals surface area contributed by atoms with Gasteiger partial charge in [0.05, 0.1) is 13.2 Å². The second kappa shape index (κ2) is 9.53. The highest BCUT2D eigenvalue weighted by Gasteiger charge is 2.21. The molecule has 0 aliphatic heterocycles. The van der Waals surface area contributed by atoms with E-state index < -0.39 is 7.60 Å². The number of nitrogens with zero attached hydrogens (tertiary/aromatic N) is 1. The van der Waals surface area contributed by atoms with Gasteiger partial charge in [0.25, 0.3) is 0 Å². The first-order valence-electron chi connectivity index (χ1n) is 6.28. The van der Waals surface area contributed by atoms with Crippen LogP contribution in [0.25, 0.3) is 0 Å². The Balaban J connectivity index is 4.60. The van der Waals surface area contributed by atoms with Crippen LogP contribution in [0, 0.1) is 11.7 Å². The molecule has 0 spiro atoms. The van der Waals surface area contributed by atoms with Crippen LogP contribution in [0.15, 0.2) is 0 Å². The zero-order valence-corrected chi connectivity index (χ0v) is 12.3. The molecular formula is C12H24NO3P. The molecule has 0 aromatic carbocycles. The Kier molecular flexibility index (Phi) is 9.26. The SMILES string of the molecule is CCCOP(=O)(C#CN(CC)CC)OCCC. The maximum Gasteiger partial charge on any atom is 0.407 e. The molecule has 0 atom stereocenters. The Morgan fingerprint density at radius 2 is 1.47 bits per heavy atom. The van der Waals surface area contributed by atoms with Gasteiger partial charge in [-0.1, -0.05) is 13.8 Å². The maximum atomic E-state index is 12.2. The first-order valence-corrected chi connectivity index (χ1v) is 7.83. The first kappa shape index (κ1) is 16.5. The monoisotopic (exact) mass is 261 g/mol. The molecule has 0 unspecified atom stereocenters. The van der Waals surface area contributed by atoms with Gasteiger partial charge in [0.15, 0.2) is 0 Å². The van der Waals surface area contributed by atoms with E-state index in [4.69, 9.17) is 9.05 Å². The minimum absolute atomic E-state index is 0.411. The summed E-state index contributed by atoms with van der Waals surface area (Å²) in [6.07, 6.45) is 1.60. The molecule has 0 aliphatic rings. The van der Waals surface area contributed by atoms with Crippen molar-refractivity contribution in [2.75, 3.05) is 26.3 Å². The Morgan fingerprint density at radius 1 is 1.00 bits per heavy atom. The van der Waals surface area contributed by atoms with Crippen LogP contribution in [0.2, 0.25) is 0 Å². The van der Waals surface area contributed by atoms with Gasteiger partial charge in [0.1, 0.15) is 0 Å². The summed E-state index contributed by atoms with van der Waals surface area (Å²) in [4.78, 5) is 1.87. The molecule has 4 nitrogen and oxygen atoms in total. The van der Waals surface area contributed by atoms with E-state index in [2.05, 4.69) is 11.7 Å². The van der Waals surface area contributed by atoms with Crippen LogP contribution in [-0.4, -0.2) is 31.2 Å². The van der Waals surface area contributed by atoms with Crippen molar-refractivity contribution >= 4 is 7.60 Å². The molecule has 0 fully saturated rings. The van der Waals surface area contributed by atoms with Crippen molar-refractivity contribution < 1.29 is 13.6 Å². The number of rotatable bonds is 8. The highest BCUT2D eigenvalue weighted by Crippen LogP contribution is 2.47. The van der Waals surface area contributed by atoms with Gasteiger partial charge in [-0.2, -0.15) is 0 Å². The quantitative estimate of drug-likeness (QED) is 0.382. The smallest absolute Gasteiger partial charge is 0.333 e. The second-order valence-electron chi connectivity index (χ2n) is 3.56. The highest BCUT2D eigenvalue weighted by atomic mass is 31.2.